The van der Waals surface area contributed by atoms with Crippen molar-refractivity contribution in [3.8, 4) is 11.4 Å². The average Bonchev–Trinajstić information content (AvgIpc) is 3.24. The fourth-order valence-electron chi connectivity index (χ4n) is 4.33. The third kappa shape index (κ3) is 6.42. The standard InChI is InChI=1S/C22H27F5N4O2/c23-21(24)20-15-19(28-31(20)17-1-3-18(4-2-17)33-22(25,26)27)16-5-7-29(8-6-16)9-10-30-11-13-32-14-12-30/h1-4,15-16,21H,5-14H2. The molecule has 0 bridgehead atoms. The lowest BCUT2D eigenvalue weighted by atomic mass is 9.93. The first-order valence-corrected chi connectivity index (χ1v) is 11.0. The Balaban J connectivity index is 1.38. The average molecular weight is 474 g/mol. The minimum atomic E-state index is -4.81. The van der Waals surface area contributed by atoms with E-state index in [2.05, 4.69) is 19.6 Å². The van der Waals surface area contributed by atoms with Gasteiger partial charge in [-0.25, -0.2) is 13.5 Å². The zero-order valence-corrected chi connectivity index (χ0v) is 18.1. The summed E-state index contributed by atoms with van der Waals surface area (Å²) in [4.78, 5) is 4.77. The van der Waals surface area contributed by atoms with Crippen molar-refractivity contribution in [1.29, 1.82) is 0 Å². The predicted molar refractivity (Wildman–Crippen MR) is 111 cm³/mol. The van der Waals surface area contributed by atoms with Crippen LogP contribution in [0.5, 0.6) is 5.75 Å². The zero-order chi connectivity index (χ0) is 23.4. The normalized spacial score (nSPS) is 19.3. The SMILES string of the molecule is FC(F)c1cc(C2CCN(CCN3CCOCC3)CC2)nn1-c1ccc(OC(F)(F)F)cc1. The summed E-state index contributed by atoms with van der Waals surface area (Å²) in [5.74, 6) is -0.349. The molecule has 2 aliphatic heterocycles. The first-order chi connectivity index (χ1) is 15.8. The van der Waals surface area contributed by atoms with Gasteiger partial charge in [0.2, 0.25) is 0 Å². The molecule has 33 heavy (non-hydrogen) atoms. The van der Waals surface area contributed by atoms with Gasteiger partial charge in [-0.05, 0) is 56.3 Å². The Morgan fingerprint density at radius 3 is 2.15 bits per heavy atom. The van der Waals surface area contributed by atoms with Crippen molar-refractivity contribution in [2.75, 3.05) is 52.5 Å². The van der Waals surface area contributed by atoms with Crippen molar-refractivity contribution in [3.05, 3.63) is 41.7 Å². The highest BCUT2D eigenvalue weighted by Crippen LogP contribution is 2.32. The number of halogens is 5. The summed E-state index contributed by atoms with van der Waals surface area (Å²) >= 11 is 0. The molecule has 11 heteroatoms. The highest BCUT2D eigenvalue weighted by Gasteiger charge is 2.31. The van der Waals surface area contributed by atoms with E-state index in [0.717, 1.165) is 82.1 Å². The molecule has 182 valence electrons. The second kappa shape index (κ2) is 10.4. The molecule has 0 unspecified atom stereocenters. The molecule has 0 aliphatic carbocycles. The number of alkyl halides is 5. The molecule has 2 saturated heterocycles. The minimum Gasteiger partial charge on any atom is -0.406 e. The Hall–Kier alpha value is -2.24. The number of morpholine rings is 1. The van der Waals surface area contributed by atoms with Gasteiger partial charge in [0.05, 0.1) is 24.6 Å². The van der Waals surface area contributed by atoms with E-state index in [1.807, 2.05) is 0 Å². The molecule has 4 rings (SSSR count). The smallest absolute Gasteiger partial charge is 0.406 e. The van der Waals surface area contributed by atoms with E-state index in [1.165, 1.54) is 18.2 Å². The summed E-state index contributed by atoms with van der Waals surface area (Å²) in [5, 5.41) is 4.41. The van der Waals surface area contributed by atoms with Crippen LogP contribution in [0.15, 0.2) is 30.3 Å². The van der Waals surface area contributed by atoms with Crippen LogP contribution in [-0.2, 0) is 4.74 Å². The van der Waals surface area contributed by atoms with Gasteiger partial charge in [-0.2, -0.15) is 5.10 Å². The molecule has 0 atom stereocenters. The third-order valence-electron chi connectivity index (χ3n) is 6.14. The molecule has 2 fully saturated rings. The van der Waals surface area contributed by atoms with E-state index >= 15 is 0 Å². The van der Waals surface area contributed by atoms with Crippen LogP contribution in [0.4, 0.5) is 22.0 Å². The number of benzene rings is 1. The molecule has 0 spiro atoms. The van der Waals surface area contributed by atoms with Crippen LogP contribution in [0.3, 0.4) is 0 Å². The number of ether oxygens (including phenoxy) is 2. The molecule has 0 amide bonds. The van der Waals surface area contributed by atoms with Crippen LogP contribution in [0.25, 0.3) is 5.69 Å². The largest absolute Gasteiger partial charge is 0.573 e. The van der Waals surface area contributed by atoms with Gasteiger partial charge in [0, 0.05) is 32.1 Å². The summed E-state index contributed by atoms with van der Waals surface area (Å²) in [6.07, 6.45) is -5.93. The number of hydrogen-bond acceptors (Lipinski definition) is 5. The number of rotatable bonds is 7. The first-order valence-electron chi connectivity index (χ1n) is 11.0. The van der Waals surface area contributed by atoms with E-state index in [0.29, 0.717) is 5.69 Å². The van der Waals surface area contributed by atoms with E-state index in [-0.39, 0.29) is 17.3 Å². The Labute approximate surface area is 188 Å². The highest BCUT2D eigenvalue weighted by atomic mass is 19.4. The molecule has 2 aliphatic rings. The summed E-state index contributed by atoms with van der Waals surface area (Å²) in [6, 6.07) is 6.17. The number of aromatic nitrogens is 2. The van der Waals surface area contributed by atoms with Crippen molar-refractivity contribution in [2.45, 2.75) is 31.5 Å². The van der Waals surface area contributed by atoms with Crippen molar-refractivity contribution in [1.82, 2.24) is 19.6 Å². The summed E-state index contributed by atoms with van der Waals surface area (Å²) in [5.41, 5.74) is 0.576. The predicted octanol–water partition coefficient (Wildman–Crippen LogP) is 4.22. The van der Waals surface area contributed by atoms with Gasteiger partial charge < -0.3 is 14.4 Å². The maximum atomic E-state index is 13.7. The minimum absolute atomic E-state index is 0.0659. The fourth-order valence-corrected chi connectivity index (χ4v) is 4.33. The highest BCUT2D eigenvalue weighted by molar-refractivity contribution is 5.39. The van der Waals surface area contributed by atoms with Crippen molar-refractivity contribution in [3.63, 3.8) is 0 Å². The van der Waals surface area contributed by atoms with E-state index in [4.69, 9.17) is 4.74 Å². The summed E-state index contributed by atoms with van der Waals surface area (Å²) < 4.78 is 74.8. The molecule has 1 aromatic carbocycles. The number of piperidine rings is 1. The monoisotopic (exact) mass is 474 g/mol. The second-order valence-corrected chi connectivity index (χ2v) is 8.32. The fraction of sp³-hybridized carbons (Fsp3) is 0.591. The quantitative estimate of drug-likeness (QED) is 0.563. The van der Waals surface area contributed by atoms with Crippen LogP contribution >= 0.6 is 0 Å². The van der Waals surface area contributed by atoms with Crippen molar-refractivity contribution in [2.24, 2.45) is 0 Å². The molecule has 6 nitrogen and oxygen atoms in total. The maximum absolute atomic E-state index is 13.7. The Morgan fingerprint density at radius 1 is 0.970 bits per heavy atom. The number of hydrogen-bond donors (Lipinski definition) is 0. The maximum Gasteiger partial charge on any atom is 0.573 e. The van der Waals surface area contributed by atoms with Crippen LogP contribution in [0, 0.1) is 0 Å². The molecular formula is C22H27F5N4O2. The molecule has 3 heterocycles. The zero-order valence-electron chi connectivity index (χ0n) is 18.1. The van der Waals surface area contributed by atoms with E-state index in [9.17, 15) is 22.0 Å². The second-order valence-electron chi connectivity index (χ2n) is 8.32. The Morgan fingerprint density at radius 2 is 1.58 bits per heavy atom. The third-order valence-corrected chi connectivity index (χ3v) is 6.14. The molecule has 0 saturated carbocycles. The van der Waals surface area contributed by atoms with E-state index < -0.39 is 18.5 Å². The van der Waals surface area contributed by atoms with Crippen molar-refractivity contribution < 1.29 is 31.4 Å². The molecule has 2 aromatic rings. The van der Waals surface area contributed by atoms with Gasteiger partial charge in [0.1, 0.15) is 11.4 Å². The van der Waals surface area contributed by atoms with Gasteiger partial charge in [-0.15, -0.1) is 13.2 Å². The summed E-state index contributed by atoms with van der Waals surface area (Å²) in [6.45, 7) is 7.15. The van der Waals surface area contributed by atoms with Crippen LogP contribution < -0.4 is 4.74 Å². The number of likely N-dealkylation sites (tertiary alicyclic amines) is 1. The van der Waals surface area contributed by atoms with Gasteiger partial charge in [0.15, 0.2) is 0 Å². The van der Waals surface area contributed by atoms with E-state index in [1.54, 1.807) is 0 Å². The van der Waals surface area contributed by atoms with Crippen LogP contribution in [-0.4, -0.2) is 78.4 Å². The van der Waals surface area contributed by atoms with Gasteiger partial charge in [0.25, 0.3) is 6.43 Å². The van der Waals surface area contributed by atoms with Crippen LogP contribution in [0.1, 0.15) is 36.6 Å². The molecule has 0 N–H and O–H groups in total. The van der Waals surface area contributed by atoms with Crippen molar-refractivity contribution >= 4 is 0 Å². The molecular weight excluding hydrogens is 447 g/mol. The van der Waals surface area contributed by atoms with Gasteiger partial charge in [-0.1, -0.05) is 0 Å². The lowest BCUT2D eigenvalue weighted by Crippen LogP contribution is -2.43. The topological polar surface area (TPSA) is 42.8 Å². The number of nitrogens with zero attached hydrogens (tertiary/aromatic N) is 4. The first kappa shape index (κ1) is 23.9. The summed E-state index contributed by atoms with van der Waals surface area (Å²) in [7, 11) is 0. The lowest BCUT2D eigenvalue weighted by molar-refractivity contribution is -0.274. The Bertz CT molecular complexity index is 889. The van der Waals surface area contributed by atoms with Gasteiger partial charge >= 0.3 is 6.36 Å². The Kier molecular flexibility index (Phi) is 7.50. The van der Waals surface area contributed by atoms with Gasteiger partial charge in [-0.3, -0.25) is 4.90 Å². The lowest BCUT2D eigenvalue weighted by Gasteiger charge is -2.34. The molecule has 0 radical (unpaired) electrons. The molecule has 1 aromatic heterocycles. The van der Waals surface area contributed by atoms with Crippen LogP contribution in [0.2, 0.25) is 0 Å².